The summed E-state index contributed by atoms with van der Waals surface area (Å²) in [5.41, 5.74) is -1.42. The number of sulfone groups is 1. The minimum absolute atomic E-state index is 0.0878. The summed E-state index contributed by atoms with van der Waals surface area (Å²) >= 11 is 0. The molecule has 4 heterocycles. The van der Waals surface area contributed by atoms with Crippen molar-refractivity contribution in [3.63, 3.8) is 0 Å². The lowest BCUT2D eigenvalue weighted by atomic mass is 10.1. The van der Waals surface area contributed by atoms with E-state index >= 15 is 4.39 Å². The maximum atomic E-state index is 15.8. The van der Waals surface area contributed by atoms with Gasteiger partial charge in [-0.1, -0.05) is 18.7 Å². The van der Waals surface area contributed by atoms with Crippen molar-refractivity contribution in [2.45, 2.75) is 37.8 Å². The molecule has 1 fully saturated rings. The number of hydrogen-bond donors (Lipinski definition) is 0. The van der Waals surface area contributed by atoms with Crippen LogP contribution >= 0.6 is 0 Å². The van der Waals surface area contributed by atoms with Crippen LogP contribution in [0.4, 0.5) is 14.6 Å². The van der Waals surface area contributed by atoms with Gasteiger partial charge in [-0.05, 0) is 51.1 Å². The molecular formula is C29H28F2N6O4S. The van der Waals surface area contributed by atoms with E-state index in [9.17, 15) is 22.4 Å². The third-order valence-electron chi connectivity index (χ3n) is 7.27. The average molecular weight is 595 g/mol. The van der Waals surface area contributed by atoms with E-state index in [4.69, 9.17) is 0 Å². The third kappa shape index (κ3) is 4.93. The van der Waals surface area contributed by atoms with Gasteiger partial charge in [-0.3, -0.25) is 9.78 Å². The molecule has 0 spiro atoms. The molecule has 5 rings (SSSR count). The molecule has 10 nitrogen and oxygen atoms in total. The Morgan fingerprint density at radius 2 is 1.74 bits per heavy atom. The zero-order chi connectivity index (χ0) is 30.5. The molecule has 1 aliphatic rings. The standard InChI is InChI=1S/C29H28F2N6O4S/c1-6-24(38)35-14-16(2)36(17(3)15-35)28-20-13-22(31)25(19-9-7-8-10-21(19)30)33-27(20)37(29(39)34-28)26-18(4)32-12-11-23(26)42(5,40)41/h6-13,16-17H,1,14-15H2,2-5H3/t16-,17-/m0/s1. The molecule has 0 unspecified atom stereocenters. The number of carbonyl (C=O) groups excluding carboxylic acids is 1. The van der Waals surface area contributed by atoms with E-state index in [0.29, 0.717) is 0 Å². The van der Waals surface area contributed by atoms with Crippen molar-refractivity contribution < 1.29 is 22.0 Å². The molecule has 13 heteroatoms. The Morgan fingerprint density at radius 3 is 2.36 bits per heavy atom. The molecule has 1 saturated heterocycles. The monoisotopic (exact) mass is 594 g/mol. The Kier molecular flexibility index (Phi) is 7.39. The van der Waals surface area contributed by atoms with Crippen molar-refractivity contribution in [2.75, 3.05) is 24.2 Å². The summed E-state index contributed by atoms with van der Waals surface area (Å²) in [6.07, 6.45) is 3.52. The molecule has 0 radical (unpaired) electrons. The van der Waals surface area contributed by atoms with Gasteiger partial charge in [0, 0.05) is 43.2 Å². The van der Waals surface area contributed by atoms with E-state index in [1.807, 2.05) is 13.8 Å². The Hall–Kier alpha value is -4.52. The van der Waals surface area contributed by atoms with E-state index in [1.165, 1.54) is 43.5 Å². The maximum absolute atomic E-state index is 15.8. The number of nitrogens with zero attached hydrogens (tertiary/aromatic N) is 6. The van der Waals surface area contributed by atoms with Gasteiger partial charge in [0.05, 0.1) is 21.7 Å². The SMILES string of the molecule is C=CC(=O)N1C[C@H](C)N(c2nc(=O)n(-c3c(S(C)(=O)=O)ccnc3C)c3nc(-c4ccccc4F)c(F)cc23)[C@@H](C)C1. The summed E-state index contributed by atoms with van der Waals surface area (Å²) < 4.78 is 57.2. The molecule has 2 atom stereocenters. The van der Waals surface area contributed by atoms with Gasteiger partial charge in [0.25, 0.3) is 0 Å². The first kappa shape index (κ1) is 29.0. The predicted molar refractivity (Wildman–Crippen MR) is 154 cm³/mol. The molecule has 0 bridgehead atoms. The number of piperazine rings is 1. The number of carbonyl (C=O) groups is 1. The van der Waals surface area contributed by atoms with Gasteiger partial charge in [0.1, 0.15) is 23.1 Å². The number of fused-ring (bicyclic) bond motifs is 1. The fourth-order valence-electron chi connectivity index (χ4n) is 5.50. The summed E-state index contributed by atoms with van der Waals surface area (Å²) in [6.45, 7) is 9.31. The number of halogens is 2. The molecule has 42 heavy (non-hydrogen) atoms. The van der Waals surface area contributed by atoms with Crippen LogP contribution in [-0.4, -0.2) is 70.2 Å². The van der Waals surface area contributed by atoms with Crippen molar-refractivity contribution in [2.24, 2.45) is 0 Å². The van der Waals surface area contributed by atoms with Gasteiger partial charge in [-0.15, -0.1) is 0 Å². The predicted octanol–water partition coefficient (Wildman–Crippen LogP) is 3.44. The number of pyridine rings is 2. The van der Waals surface area contributed by atoms with E-state index in [-0.39, 0.29) is 75.5 Å². The minimum atomic E-state index is -3.88. The number of hydrogen-bond acceptors (Lipinski definition) is 8. The smallest absolute Gasteiger partial charge is 0.347 e. The molecule has 0 N–H and O–H groups in total. The van der Waals surface area contributed by atoms with Crippen molar-refractivity contribution in [1.82, 2.24) is 24.4 Å². The van der Waals surface area contributed by atoms with Gasteiger partial charge < -0.3 is 9.80 Å². The fourth-order valence-corrected chi connectivity index (χ4v) is 6.40. The molecule has 0 saturated carbocycles. The lowest BCUT2D eigenvalue weighted by molar-refractivity contribution is -0.127. The van der Waals surface area contributed by atoms with Crippen molar-refractivity contribution in [3.05, 3.63) is 83.1 Å². The van der Waals surface area contributed by atoms with Crippen LogP contribution in [-0.2, 0) is 14.6 Å². The molecular weight excluding hydrogens is 566 g/mol. The number of benzene rings is 1. The number of aryl methyl sites for hydroxylation is 1. The highest BCUT2D eigenvalue weighted by atomic mass is 32.2. The highest BCUT2D eigenvalue weighted by Gasteiger charge is 2.35. The first-order valence-electron chi connectivity index (χ1n) is 13.1. The molecule has 1 amide bonds. The van der Waals surface area contributed by atoms with Crippen LogP contribution in [0.2, 0.25) is 0 Å². The maximum Gasteiger partial charge on any atom is 0.355 e. The molecule has 3 aromatic heterocycles. The van der Waals surface area contributed by atoms with E-state index < -0.39 is 27.2 Å². The Morgan fingerprint density at radius 1 is 1.07 bits per heavy atom. The van der Waals surface area contributed by atoms with Crippen LogP contribution in [0.15, 0.2) is 64.9 Å². The summed E-state index contributed by atoms with van der Waals surface area (Å²) in [6, 6.07) is 7.15. The largest absolute Gasteiger partial charge is 0.355 e. The molecule has 218 valence electrons. The summed E-state index contributed by atoms with van der Waals surface area (Å²) in [5.74, 6) is -1.74. The van der Waals surface area contributed by atoms with Gasteiger partial charge in [0.15, 0.2) is 15.5 Å². The Bertz CT molecular complexity index is 1920. The number of aromatic nitrogens is 4. The third-order valence-corrected chi connectivity index (χ3v) is 8.40. The second-order valence-electron chi connectivity index (χ2n) is 10.3. The zero-order valence-electron chi connectivity index (χ0n) is 23.4. The van der Waals surface area contributed by atoms with Crippen LogP contribution < -0.4 is 10.6 Å². The van der Waals surface area contributed by atoms with E-state index in [0.717, 1.165) is 23.0 Å². The lowest BCUT2D eigenvalue weighted by Gasteiger charge is -2.45. The summed E-state index contributed by atoms with van der Waals surface area (Å²) in [7, 11) is -3.88. The number of anilines is 1. The number of rotatable bonds is 5. The lowest BCUT2D eigenvalue weighted by Crippen LogP contribution is -2.58. The average Bonchev–Trinajstić information content (AvgIpc) is 2.92. The molecule has 1 aromatic carbocycles. The van der Waals surface area contributed by atoms with E-state index in [2.05, 4.69) is 21.5 Å². The van der Waals surface area contributed by atoms with Gasteiger partial charge in [-0.2, -0.15) is 4.98 Å². The topological polar surface area (TPSA) is 118 Å². The highest BCUT2D eigenvalue weighted by Crippen LogP contribution is 2.34. The first-order chi connectivity index (χ1) is 19.8. The van der Waals surface area contributed by atoms with Crippen LogP contribution in [0.5, 0.6) is 0 Å². The minimum Gasteiger partial charge on any atom is -0.347 e. The summed E-state index contributed by atoms with van der Waals surface area (Å²) in [5, 5.41) is 0.0945. The molecule has 1 aliphatic heterocycles. The van der Waals surface area contributed by atoms with Crippen LogP contribution in [0.1, 0.15) is 19.5 Å². The Balaban J connectivity index is 1.87. The highest BCUT2D eigenvalue weighted by molar-refractivity contribution is 7.90. The number of amides is 1. The zero-order valence-corrected chi connectivity index (χ0v) is 24.2. The molecule has 4 aromatic rings. The van der Waals surface area contributed by atoms with Gasteiger partial charge in [0.2, 0.25) is 5.91 Å². The summed E-state index contributed by atoms with van der Waals surface area (Å²) in [4.78, 5) is 42.4. The Labute approximate surface area is 240 Å². The van der Waals surface area contributed by atoms with Crippen molar-refractivity contribution >= 4 is 32.6 Å². The van der Waals surface area contributed by atoms with Gasteiger partial charge in [-0.25, -0.2) is 31.5 Å². The van der Waals surface area contributed by atoms with Crippen LogP contribution in [0.25, 0.3) is 28.0 Å². The van der Waals surface area contributed by atoms with Crippen LogP contribution in [0.3, 0.4) is 0 Å². The van der Waals surface area contributed by atoms with E-state index in [1.54, 1.807) is 9.80 Å². The second-order valence-corrected chi connectivity index (χ2v) is 12.3. The quantitative estimate of drug-likeness (QED) is 0.323. The normalized spacial score (nSPS) is 17.5. The van der Waals surface area contributed by atoms with Crippen molar-refractivity contribution in [3.8, 4) is 16.9 Å². The second kappa shape index (κ2) is 10.7. The molecule has 0 aliphatic carbocycles. The van der Waals surface area contributed by atoms with Crippen LogP contribution in [0, 0.1) is 18.6 Å². The fraction of sp³-hybridized carbons (Fsp3) is 0.276. The van der Waals surface area contributed by atoms with Gasteiger partial charge >= 0.3 is 5.69 Å². The van der Waals surface area contributed by atoms with Crippen molar-refractivity contribution in [1.29, 1.82) is 0 Å². The first-order valence-corrected chi connectivity index (χ1v) is 15.0.